The summed E-state index contributed by atoms with van der Waals surface area (Å²) in [5.41, 5.74) is 0. The van der Waals surface area contributed by atoms with Gasteiger partial charge in [-0.05, 0) is 0 Å². The summed E-state index contributed by atoms with van der Waals surface area (Å²) in [5.74, 6) is -14.2. The second kappa shape index (κ2) is 8.36. The summed E-state index contributed by atoms with van der Waals surface area (Å²) in [6, 6.07) is 0. The third kappa shape index (κ3) is 7.41. The van der Waals surface area contributed by atoms with Crippen LogP contribution >= 0.6 is 7.82 Å². The molecule has 0 atom stereocenters. The van der Waals surface area contributed by atoms with E-state index in [-0.39, 0.29) is 29.6 Å². The Morgan fingerprint density at radius 3 is 0.952 bits per heavy atom. The van der Waals surface area contributed by atoms with Crippen LogP contribution in [0, 0.1) is 0 Å². The molecule has 21 heavy (non-hydrogen) atoms. The molecule has 0 aliphatic carbocycles. The summed E-state index contributed by atoms with van der Waals surface area (Å²) in [6.07, 6.45) is 0. The van der Waals surface area contributed by atoms with Crippen LogP contribution in [0.25, 0.3) is 0 Å². The number of phosphoric ester groups is 1. The van der Waals surface area contributed by atoms with Crippen molar-refractivity contribution in [1.29, 1.82) is 0 Å². The average Bonchev–Trinajstić information content (AvgIpc) is 2.27. The summed E-state index contributed by atoms with van der Waals surface area (Å²) < 4.78 is 21.8. The zero-order chi connectivity index (χ0) is 16.1. The molecule has 0 fully saturated rings. The minimum absolute atomic E-state index is 0. The molecule has 0 saturated carbocycles. The zero-order valence-electron chi connectivity index (χ0n) is 8.87. The van der Waals surface area contributed by atoms with E-state index < -0.39 is 43.6 Å². The van der Waals surface area contributed by atoms with Crippen molar-refractivity contribution in [3.8, 4) is 0 Å². The third-order valence-corrected chi connectivity index (χ3v) is 2.28. The summed E-state index contributed by atoms with van der Waals surface area (Å²) in [4.78, 5) is 62.1. The SMILES string of the molecule is O=C(O)C(=O)OP(=O)(OC(=O)C(=O)O)OC(=O)C(=O)O.[NaH]. The first kappa shape index (κ1) is 21.4. The number of aliphatic carboxylic acids is 3. The van der Waals surface area contributed by atoms with Crippen molar-refractivity contribution in [2.45, 2.75) is 0 Å². The first-order valence-corrected chi connectivity index (χ1v) is 5.45. The van der Waals surface area contributed by atoms with Gasteiger partial charge in [0.05, 0.1) is 0 Å². The van der Waals surface area contributed by atoms with Crippen LogP contribution in [0.4, 0.5) is 0 Å². The molecule has 0 aliphatic heterocycles. The number of carbonyl (C=O) groups is 6. The number of carbonyl (C=O) groups excluding carboxylic acids is 3. The topological polar surface area (TPSA) is 208 Å². The molecule has 0 rings (SSSR count). The summed E-state index contributed by atoms with van der Waals surface area (Å²) in [6.45, 7) is 0. The number of carboxylic acid groups (broad SMARTS) is 3. The Kier molecular flexibility index (Phi) is 8.50. The van der Waals surface area contributed by atoms with Crippen LogP contribution in [-0.4, -0.2) is 80.7 Å². The van der Waals surface area contributed by atoms with Gasteiger partial charge in [0.25, 0.3) is 0 Å². The number of hydrogen-bond donors (Lipinski definition) is 3. The van der Waals surface area contributed by atoms with Crippen molar-refractivity contribution >= 4 is 73.2 Å². The van der Waals surface area contributed by atoms with E-state index in [1.54, 1.807) is 0 Å². The van der Waals surface area contributed by atoms with Gasteiger partial charge >= 0.3 is 73.2 Å². The van der Waals surface area contributed by atoms with E-state index in [2.05, 4.69) is 13.6 Å². The number of hydrogen-bond acceptors (Lipinski definition) is 10. The van der Waals surface area contributed by atoms with Crippen molar-refractivity contribution in [2.75, 3.05) is 0 Å². The average molecular weight is 338 g/mol. The van der Waals surface area contributed by atoms with E-state index in [1.807, 2.05) is 0 Å². The first-order valence-electron chi connectivity index (χ1n) is 3.99. The number of phosphoric acid groups is 1. The predicted molar refractivity (Wildman–Crippen MR) is 55.9 cm³/mol. The van der Waals surface area contributed by atoms with Crippen molar-refractivity contribution in [1.82, 2.24) is 0 Å². The van der Waals surface area contributed by atoms with Crippen molar-refractivity contribution < 1.29 is 62.2 Å². The third-order valence-electron chi connectivity index (χ3n) is 1.11. The molecule has 0 aromatic rings. The Hall–Kier alpha value is -1.95. The molecule has 0 saturated heterocycles. The van der Waals surface area contributed by atoms with Crippen LogP contribution in [0.3, 0.4) is 0 Å². The quantitative estimate of drug-likeness (QED) is 0.273. The van der Waals surface area contributed by atoms with E-state index in [4.69, 9.17) is 15.3 Å². The molecule has 3 N–H and O–H groups in total. The fraction of sp³-hybridized carbons (Fsp3) is 0. The van der Waals surface area contributed by atoms with Gasteiger partial charge in [-0.3, -0.25) is 0 Å². The monoisotopic (exact) mass is 338 g/mol. The van der Waals surface area contributed by atoms with Gasteiger partial charge < -0.3 is 28.9 Å². The van der Waals surface area contributed by atoms with Gasteiger partial charge in [0.2, 0.25) is 0 Å². The fourth-order valence-corrected chi connectivity index (χ4v) is 1.43. The standard InChI is InChI=1S/C6H3O13P.Na.H/c7-1(8)4(13)17-20(16,18-5(14)2(9)10)19-6(15)3(11)12;;/h(H,7,8)(H,9,10)(H,11,12);;. The molecule has 0 unspecified atom stereocenters. The Morgan fingerprint density at radius 2 is 0.810 bits per heavy atom. The molecule has 112 valence electrons. The Bertz CT molecular complexity index is 473. The van der Waals surface area contributed by atoms with Gasteiger partial charge in [0.1, 0.15) is 0 Å². The molecular weight excluding hydrogens is 334 g/mol. The van der Waals surface area contributed by atoms with Crippen LogP contribution in [-0.2, 0) is 46.9 Å². The normalized spacial score (nSPS) is 9.52. The van der Waals surface area contributed by atoms with Crippen LogP contribution in [0.2, 0.25) is 0 Å². The maximum absolute atomic E-state index is 11.4. The van der Waals surface area contributed by atoms with Crippen molar-refractivity contribution in [3.05, 3.63) is 0 Å². The molecule has 0 aromatic carbocycles. The molecule has 0 spiro atoms. The van der Waals surface area contributed by atoms with Gasteiger partial charge in [0.15, 0.2) is 0 Å². The molecule has 13 nitrogen and oxygen atoms in total. The second-order valence-electron chi connectivity index (χ2n) is 2.50. The Balaban J connectivity index is 0. The molecule has 0 bridgehead atoms. The van der Waals surface area contributed by atoms with Crippen LogP contribution in [0.5, 0.6) is 0 Å². The zero-order valence-corrected chi connectivity index (χ0v) is 9.77. The van der Waals surface area contributed by atoms with E-state index in [0.29, 0.717) is 0 Å². The molecule has 0 heterocycles. The molecule has 0 radical (unpaired) electrons. The summed E-state index contributed by atoms with van der Waals surface area (Å²) >= 11 is 0. The van der Waals surface area contributed by atoms with E-state index in [0.717, 1.165) is 0 Å². The molecule has 0 aromatic heterocycles. The van der Waals surface area contributed by atoms with Crippen LogP contribution in [0.1, 0.15) is 0 Å². The molecule has 15 heteroatoms. The van der Waals surface area contributed by atoms with Crippen molar-refractivity contribution in [3.63, 3.8) is 0 Å². The van der Waals surface area contributed by atoms with Gasteiger partial charge in [-0.15, -0.1) is 0 Å². The van der Waals surface area contributed by atoms with Crippen LogP contribution < -0.4 is 0 Å². The first-order chi connectivity index (χ1) is 8.98. The van der Waals surface area contributed by atoms with Gasteiger partial charge in [-0.25, -0.2) is 28.8 Å². The molecule has 0 amide bonds. The van der Waals surface area contributed by atoms with E-state index >= 15 is 0 Å². The Morgan fingerprint density at radius 1 is 0.619 bits per heavy atom. The summed E-state index contributed by atoms with van der Waals surface area (Å²) in [7, 11) is -5.74. The van der Waals surface area contributed by atoms with E-state index in [1.165, 1.54) is 0 Å². The molecular formula is C6H4NaO13P. The fourth-order valence-electron chi connectivity index (χ4n) is 0.478. The van der Waals surface area contributed by atoms with Crippen LogP contribution in [0.15, 0.2) is 0 Å². The van der Waals surface area contributed by atoms with Crippen molar-refractivity contribution in [2.24, 2.45) is 0 Å². The maximum atomic E-state index is 11.4. The van der Waals surface area contributed by atoms with Gasteiger partial charge in [-0.1, -0.05) is 0 Å². The second-order valence-corrected chi connectivity index (χ2v) is 3.94. The predicted octanol–water partition coefficient (Wildman–Crippen LogP) is -2.67. The minimum atomic E-state index is -5.74. The number of carboxylic acids is 3. The summed E-state index contributed by atoms with van der Waals surface area (Å²) in [5, 5.41) is 24.4. The van der Waals surface area contributed by atoms with Gasteiger partial charge in [-0.2, -0.15) is 4.57 Å². The number of rotatable bonds is 3. The molecule has 0 aliphatic rings. The Labute approximate surface area is 135 Å². The van der Waals surface area contributed by atoms with E-state index in [9.17, 15) is 33.3 Å². The van der Waals surface area contributed by atoms with Gasteiger partial charge in [0, 0.05) is 0 Å².